The predicted octanol–water partition coefficient (Wildman–Crippen LogP) is 4.01. The molecule has 2 aromatic rings. The topological polar surface area (TPSA) is 12.0 Å². The summed E-state index contributed by atoms with van der Waals surface area (Å²) in [5.41, 5.74) is 1.53. The molecule has 0 aliphatic heterocycles. The maximum atomic E-state index is 13.0. The standard InChI is InChI=1S/C18H16F3N/c19-18(20,21)17(12-11-15-7-3-1-4-8-15)14-22-13-16-9-5-2-6-10-16/h1-10,17,22H,13-14H2. The molecule has 0 heterocycles. The smallest absolute Gasteiger partial charge is 0.311 e. The van der Waals surface area contributed by atoms with Crippen LogP contribution in [-0.4, -0.2) is 12.7 Å². The molecule has 0 saturated heterocycles. The lowest BCUT2D eigenvalue weighted by Gasteiger charge is -2.15. The molecule has 1 nitrogen and oxygen atoms in total. The Hall–Kier alpha value is -2.25. The Morgan fingerprint density at radius 1 is 0.909 bits per heavy atom. The Bertz CT molecular complexity index is 624. The molecule has 2 aromatic carbocycles. The average Bonchev–Trinajstić information content (AvgIpc) is 2.51. The zero-order chi connectivity index (χ0) is 15.8. The van der Waals surface area contributed by atoms with Crippen LogP contribution in [0, 0.1) is 17.8 Å². The van der Waals surface area contributed by atoms with Gasteiger partial charge in [-0.15, -0.1) is 0 Å². The summed E-state index contributed by atoms with van der Waals surface area (Å²) in [5.74, 6) is 3.23. The second kappa shape index (κ2) is 7.67. The van der Waals surface area contributed by atoms with E-state index in [0.29, 0.717) is 12.1 Å². The molecule has 0 radical (unpaired) electrons. The maximum Gasteiger partial charge on any atom is 0.403 e. The van der Waals surface area contributed by atoms with Crippen molar-refractivity contribution < 1.29 is 13.2 Å². The molecule has 0 aromatic heterocycles. The van der Waals surface area contributed by atoms with Crippen molar-refractivity contribution in [1.82, 2.24) is 5.32 Å². The molecule has 1 N–H and O–H groups in total. The lowest BCUT2D eigenvalue weighted by atomic mass is 10.1. The van der Waals surface area contributed by atoms with E-state index in [9.17, 15) is 13.2 Å². The number of hydrogen-bond donors (Lipinski definition) is 1. The van der Waals surface area contributed by atoms with Gasteiger partial charge in [-0.1, -0.05) is 60.4 Å². The van der Waals surface area contributed by atoms with Crippen molar-refractivity contribution in [2.45, 2.75) is 12.7 Å². The molecule has 1 atom stereocenters. The van der Waals surface area contributed by atoms with E-state index in [-0.39, 0.29) is 6.54 Å². The van der Waals surface area contributed by atoms with Crippen molar-refractivity contribution in [1.29, 1.82) is 0 Å². The lowest BCUT2D eigenvalue weighted by Crippen LogP contribution is -2.32. The fourth-order valence-electron chi connectivity index (χ4n) is 1.90. The summed E-state index contributed by atoms with van der Waals surface area (Å²) >= 11 is 0. The van der Waals surface area contributed by atoms with E-state index in [1.807, 2.05) is 30.3 Å². The van der Waals surface area contributed by atoms with Crippen LogP contribution in [0.1, 0.15) is 11.1 Å². The van der Waals surface area contributed by atoms with E-state index in [1.54, 1.807) is 30.3 Å². The molecule has 4 heteroatoms. The minimum atomic E-state index is -4.34. The molecular formula is C18H16F3N. The fraction of sp³-hybridized carbons (Fsp3) is 0.222. The first-order valence-corrected chi connectivity index (χ1v) is 6.93. The third kappa shape index (κ3) is 5.27. The normalized spacial score (nSPS) is 12.3. The lowest BCUT2D eigenvalue weighted by molar-refractivity contribution is -0.157. The SMILES string of the molecule is FC(F)(F)C(C#Cc1ccccc1)CNCc1ccccc1. The molecule has 0 bridgehead atoms. The number of nitrogens with one attached hydrogen (secondary N) is 1. The zero-order valence-electron chi connectivity index (χ0n) is 11.9. The highest BCUT2D eigenvalue weighted by atomic mass is 19.4. The van der Waals surface area contributed by atoms with Gasteiger partial charge in [-0.05, 0) is 17.7 Å². The van der Waals surface area contributed by atoms with Crippen LogP contribution in [0.25, 0.3) is 0 Å². The van der Waals surface area contributed by atoms with Gasteiger partial charge in [0.1, 0.15) is 5.92 Å². The van der Waals surface area contributed by atoms with Crippen molar-refractivity contribution in [3.05, 3.63) is 71.8 Å². The van der Waals surface area contributed by atoms with Gasteiger partial charge < -0.3 is 5.32 Å². The number of rotatable bonds is 4. The number of benzene rings is 2. The number of hydrogen-bond acceptors (Lipinski definition) is 1. The van der Waals surface area contributed by atoms with E-state index >= 15 is 0 Å². The highest BCUT2D eigenvalue weighted by molar-refractivity contribution is 5.34. The Morgan fingerprint density at radius 2 is 1.50 bits per heavy atom. The molecule has 114 valence electrons. The van der Waals surface area contributed by atoms with Crippen LogP contribution in [0.15, 0.2) is 60.7 Å². The molecule has 0 aliphatic carbocycles. The summed E-state index contributed by atoms with van der Waals surface area (Å²) in [6.45, 7) is 0.165. The van der Waals surface area contributed by atoms with Crippen molar-refractivity contribution >= 4 is 0 Å². The third-order valence-electron chi connectivity index (χ3n) is 3.08. The fourth-order valence-corrected chi connectivity index (χ4v) is 1.90. The Kier molecular flexibility index (Phi) is 5.62. The molecule has 22 heavy (non-hydrogen) atoms. The van der Waals surface area contributed by atoms with Gasteiger partial charge in [0.05, 0.1) is 0 Å². The second-order valence-electron chi connectivity index (χ2n) is 4.85. The summed E-state index contributed by atoms with van der Waals surface area (Å²) in [6.07, 6.45) is -4.34. The third-order valence-corrected chi connectivity index (χ3v) is 3.08. The Balaban J connectivity index is 1.97. The van der Waals surface area contributed by atoms with E-state index in [0.717, 1.165) is 5.56 Å². The molecule has 1 unspecified atom stereocenters. The van der Waals surface area contributed by atoms with Crippen LogP contribution in [0.3, 0.4) is 0 Å². The second-order valence-corrected chi connectivity index (χ2v) is 4.85. The van der Waals surface area contributed by atoms with Gasteiger partial charge in [0.2, 0.25) is 0 Å². The van der Waals surface area contributed by atoms with E-state index in [1.165, 1.54) is 0 Å². The zero-order valence-corrected chi connectivity index (χ0v) is 11.9. The van der Waals surface area contributed by atoms with Crippen molar-refractivity contribution in [2.75, 3.05) is 6.54 Å². The monoisotopic (exact) mass is 303 g/mol. The number of alkyl halides is 3. The van der Waals surface area contributed by atoms with Crippen LogP contribution >= 0.6 is 0 Å². The van der Waals surface area contributed by atoms with Crippen LogP contribution < -0.4 is 5.32 Å². The van der Waals surface area contributed by atoms with E-state index in [4.69, 9.17) is 0 Å². The molecular weight excluding hydrogens is 287 g/mol. The summed E-state index contributed by atoms with van der Waals surface area (Å²) in [5, 5.41) is 2.82. The summed E-state index contributed by atoms with van der Waals surface area (Å²) in [6, 6.07) is 18.0. The van der Waals surface area contributed by atoms with Crippen molar-refractivity contribution in [3.8, 4) is 11.8 Å². The van der Waals surface area contributed by atoms with Crippen LogP contribution in [0.4, 0.5) is 13.2 Å². The Labute approximate surface area is 128 Å². The van der Waals surface area contributed by atoms with E-state index in [2.05, 4.69) is 17.2 Å². The molecule has 0 fully saturated rings. The van der Waals surface area contributed by atoms with Crippen LogP contribution in [0.2, 0.25) is 0 Å². The minimum absolute atomic E-state index is 0.224. The van der Waals surface area contributed by atoms with Gasteiger partial charge in [0.25, 0.3) is 0 Å². The van der Waals surface area contributed by atoms with Gasteiger partial charge in [-0.3, -0.25) is 0 Å². The van der Waals surface area contributed by atoms with Gasteiger partial charge >= 0.3 is 6.18 Å². The highest BCUT2D eigenvalue weighted by Crippen LogP contribution is 2.25. The Morgan fingerprint density at radius 3 is 2.09 bits per heavy atom. The summed E-state index contributed by atoms with van der Waals surface area (Å²) < 4.78 is 39.0. The molecule has 0 spiro atoms. The molecule has 0 saturated carbocycles. The van der Waals surface area contributed by atoms with E-state index < -0.39 is 12.1 Å². The van der Waals surface area contributed by atoms with Gasteiger partial charge in [0, 0.05) is 18.7 Å². The molecule has 2 rings (SSSR count). The first-order valence-electron chi connectivity index (χ1n) is 6.93. The maximum absolute atomic E-state index is 13.0. The summed E-state index contributed by atoms with van der Waals surface area (Å²) in [4.78, 5) is 0. The number of halogens is 3. The van der Waals surface area contributed by atoms with Crippen LogP contribution in [0.5, 0.6) is 0 Å². The first-order chi connectivity index (χ1) is 10.6. The van der Waals surface area contributed by atoms with Crippen molar-refractivity contribution in [3.63, 3.8) is 0 Å². The van der Waals surface area contributed by atoms with Crippen molar-refractivity contribution in [2.24, 2.45) is 5.92 Å². The summed E-state index contributed by atoms with van der Waals surface area (Å²) in [7, 11) is 0. The first kappa shape index (κ1) is 16.1. The largest absolute Gasteiger partial charge is 0.403 e. The molecule has 0 amide bonds. The molecule has 0 aliphatic rings. The quantitative estimate of drug-likeness (QED) is 0.842. The minimum Gasteiger partial charge on any atom is -0.311 e. The van der Waals surface area contributed by atoms with Gasteiger partial charge in [-0.2, -0.15) is 13.2 Å². The highest BCUT2D eigenvalue weighted by Gasteiger charge is 2.38. The predicted molar refractivity (Wildman–Crippen MR) is 81.0 cm³/mol. The average molecular weight is 303 g/mol. The van der Waals surface area contributed by atoms with Gasteiger partial charge in [0.15, 0.2) is 0 Å². The van der Waals surface area contributed by atoms with Gasteiger partial charge in [-0.25, -0.2) is 0 Å². The van der Waals surface area contributed by atoms with Crippen LogP contribution in [-0.2, 0) is 6.54 Å².